The van der Waals surface area contributed by atoms with Gasteiger partial charge in [-0.1, -0.05) is 19.9 Å². The van der Waals surface area contributed by atoms with Gasteiger partial charge in [-0.3, -0.25) is 4.79 Å². The minimum atomic E-state index is -3.61. The van der Waals surface area contributed by atoms with E-state index in [1.54, 1.807) is 25.1 Å². The Bertz CT molecular complexity index is 826. The van der Waals surface area contributed by atoms with Crippen molar-refractivity contribution in [1.82, 2.24) is 4.31 Å². The maximum Gasteiger partial charge on any atom is 0.282 e. The van der Waals surface area contributed by atoms with E-state index in [0.29, 0.717) is 49.4 Å². The molecule has 0 spiro atoms. The second-order valence-electron chi connectivity index (χ2n) is 8.72. The van der Waals surface area contributed by atoms with Crippen molar-refractivity contribution >= 4 is 21.6 Å². The van der Waals surface area contributed by atoms with Gasteiger partial charge in [0.2, 0.25) is 10.0 Å². The lowest BCUT2D eigenvalue weighted by Crippen LogP contribution is -3.18. The molecule has 0 aliphatic carbocycles. The summed E-state index contributed by atoms with van der Waals surface area (Å²) >= 11 is 0. The van der Waals surface area contributed by atoms with Gasteiger partial charge in [-0.2, -0.15) is 4.31 Å². The highest BCUT2D eigenvalue weighted by molar-refractivity contribution is 7.89. The quantitative estimate of drug-likeness (QED) is 0.736. The van der Waals surface area contributed by atoms with Gasteiger partial charge < -0.3 is 15.0 Å². The van der Waals surface area contributed by atoms with Crippen LogP contribution in [0, 0.1) is 18.8 Å². The fourth-order valence-corrected chi connectivity index (χ4v) is 6.16. The fourth-order valence-electron chi connectivity index (χ4n) is 4.50. The number of likely N-dealkylation sites (tertiary alicyclic amines) is 1. The van der Waals surface area contributed by atoms with E-state index < -0.39 is 10.0 Å². The third kappa shape index (κ3) is 5.17. The van der Waals surface area contributed by atoms with Gasteiger partial charge in [-0.25, -0.2) is 8.42 Å². The first-order valence-corrected chi connectivity index (χ1v) is 12.0. The molecule has 8 heteroatoms. The molecule has 0 unspecified atom stereocenters. The number of aryl methyl sites for hydroxylation is 1. The van der Waals surface area contributed by atoms with Crippen LogP contribution < -0.4 is 10.2 Å². The molecule has 0 bridgehead atoms. The zero-order valence-corrected chi connectivity index (χ0v) is 18.7. The first-order valence-electron chi connectivity index (χ1n) is 10.5. The smallest absolute Gasteiger partial charge is 0.282 e. The number of sulfonamides is 1. The molecule has 7 nitrogen and oxygen atoms in total. The summed E-state index contributed by atoms with van der Waals surface area (Å²) in [7, 11) is -3.61. The zero-order chi connectivity index (χ0) is 21.2. The number of morpholine rings is 1. The molecular formula is C21H34N3O4S+. The number of anilines is 1. The van der Waals surface area contributed by atoms with Crippen molar-refractivity contribution in [2.75, 3.05) is 44.7 Å². The molecule has 162 valence electrons. The molecule has 1 amide bonds. The second-order valence-corrected chi connectivity index (χ2v) is 10.6. The van der Waals surface area contributed by atoms with Crippen LogP contribution in [-0.4, -0.2) is 64.1 Å². The standard InChI is InChI=1S/C21H33N3O4S/c1-15-11-16(2)14-23(13-15)18(4)21(25)22-19-6-5-17(3)20(12-19)29(26,27)24-7-9-28-10-8-24/h5-6,12,15-16,18H,7-11,13-14H2,1-4H3,(H,22,25)/p+1/t15-,16-,18-/m0/s1. The first kappa shape index (κ1) is 22.2. The summed E-state index contributed by atoms with van der Waals surface area (Å²) < 4.78 is 32.8. The number of carbonyl (C=O) groups excluding carboxylic acids is 1. The van der Waals surface area contributed by atoms with Gasteiger partial charge in [0.15, 0.2) is 6.04 Å². The van der Waals surface area contributed by atoms with Crippen molar-refractivity contribution in [3.8, 4) is 0 Å². The van der Waals surface area contributed by atoms with Crippen molar-refractivity contribution in [1.29, 1.82) is 0 Å². The third-order valence-corrected chi connectivity index (χ3v) is 8.12. The number of hydrogen-bond acceptors (Lipinski definition) is 4. The number of quaternary nitrogens is 1. The Kier molecular flexibility index (Phi) is 6.98. The van der Waals surface area contributed by atoms with Gasteiger partial charge >= 0.3 is 0 Å². The Balaban J connectivity index is 1.74. The second kappa shape index (κ2) is 9.12. The Hall–Kier alpha value is -1.48. The molecule has 1 aromatic rings. The van der Waals surface area contributed by atoms with E-state index in [9.17, 15) is 13.2 Å². The van der Waals surface area contributed by atoms with Crippen LogP contribution in [0.2, 0.25) is 0 Å². The number of amides is 1. The van der Waals surface area contributed by atoms with Gasteiger partial charge in [-0.15, -0.1) is 0 Å². The third-order valence-electron chi connectivity index (χ3n) is 6.08. The molecule has 2 N–H and O–H groups in total. The number of nitrogens with one attached hydrogen (secondary N) is 2. The van der Waals surface area contributed by atoms with Crippen LogP contribution in [0.3, 0.4) is 0 Å². The van der Waals surface area contributed by atoms with Crippen LogP contribution in [0.25, 0.3) is 0 Å². The topological polar surface area (TPSA) is 80.2 Å². The molecule has 2 fully saturated rings. The summed E-state index contributed by atoms with van der Waals surface area (Å²) in [6, 6.07) is 4.93. The molecule has 2 aliphatic heterocycles. The van der Waals surface area contributed by atoms with Crippen LogP contribution in [0.4, 0.5) is 5.69 Å². The van der Waals surface area contributed by atoms with E-state index in [2.05, 4.69) is 19.2 Å². The van der Waals surface area contributed by atoms with Gasteiger partial charge in [0.05, 0.1) is 31.2 Å². The minimum absolute atomic E-state index is 0.0696. The maximum atomic E-state index is 13.1. The summed E-state index contributed by atoms with van der Waals surface area (Å²) in [5.74, 6) is 1.14. The molecule has 1 aromatic carbocycles. The van der Waals surface area contributed by atoms with Gasteiger partial charge in [0, 0.05) is 30.6 Å². The predicted octanol–water partition coefficient (Wildman–Crippen LogP) is 0.904. The van der Waals surface area contributed by atoms with Gasteiger partial charge in [0.25, 0.3) is 5.91 Å². The Labute approximate surface area is 174 Å². The van der Waals surface area contributed by atoms with Crippen molar-refractivity contribution in [3.05, 3.63) is 23.8 Å². The molecular weight excluding hydrogens is 390 g/mol. The Morgan fingerprint density at radius 2 is 1.83 bits per heavy atom. The summed E-state index contributed by atoms with van der Waals surface area (Å²) in [6.07, 6.45) is 1.21. The molecule has 2 aliphatic rings. The lowest BCUT2D eigenvalue weighted by atomic mass is 9.91. The van der Waals surface area contributed by atoms with Crippen molar-refractivity contribution in [2.24, 2.45) is 11.8 Å². The molecule has 2 saturated heterocycles. The maximum absolute atomic E-state index is 13.1. The number of benzene rings is 1. The normalized spacial score (nSPS) is 27.4. The average Bonchev–Trinajstić information content (AvgIpc) is 2.68. The van der Waals surface area contributed by atoms with E-state index in [1.807, 2.05) is 6.92 Å². The van der Waals surface area contributed by atoms with E-state index in [1.165, 1.54) is 15.6 Å². The number of carbonyl (C=O) groups is 1. The number of piperidine rings is 1. The van der Waals surface area contributed by atoms with Crippen LogP contribution in [0.5, 0.6) is 0 Å². The molecule has 2 heterocycles. The van der Waals surface area contributed by atoms with Gasteiger partial charge in [0.1, 0.15) is 0 Å². The van der Waals surface area contributed by atoms with Crippen LogP contribution in [-0.2, 0) is 19.6 Å². The molecule has 0 radical (unpaired) electrons. The molecule has 0 saturated carbocycles. The average molecular weight is 425 g/mol. The predicted molar refractivity (Wildman–Crippen MR) is 112 cm³/mol. The monoisotopic (exact) mass is 424 g/mol. The lowest BCUT2D eigenvalue weighted by molar-refractivity contribution is -0.925. The number of nitrogens with zero attached hydrogens (tertiary/aromatic N) is 1. The number of hydrogen-bond donors (Lipinski definition) is 2. The highest BCUT2D eigenvalue weighted by Gasteiger charge is 2.33. The van der Waals surface area contributed by atoms with Crippen molar-refractivity contribution < 1.29 is 22.8 Å². The van der Waals surface area contributed by atoms with Crippen molar-refractivity contribution in [2.45, 2.75) is 45.1 Å². The SMILES string of the molecule is Cc1ccc(NC(=O)[C@H](C)[NH+]2C[C@@H](C)C[C@H](C)C2)cc1S(=O)(=O)N1CCOCC1. The van der Waals surface area contributed by atoms with Crippen molar-refractivity contribution in [3.63, 3.8) is 0 Å². The molecule has 3 rings (SSSR count). The molecule has 29 heavy (non-hydrogen) atoms. The minimum Gasteiger partial charge on any atom is -0.379 e. The summed E-state index contributed by atoms with van der Waals surface area (Å²) in [5, 5.41) is 2.94. The molecule has 3 atom stereocenters. The summed E-state index contributed by atoms with van der Waals surface area (Å²) in [6.45, 7) is 11.7. The highest BCUT2D eigenvalue weighted by atomic mass is 32.2. The van der Waals surface area contributed by atoms with Crippen LogP contribution in [0.15, 0.2) is 23.1 Å². The number of ether oxygens (including phenoxy) is 1. The summed E-state index contributed by atoms with van der Waals surface area (Å²) in [5.41, 5.74) is 1.20. The van der Waals surface area contributed by atoms with E-state index in [4.69, 9.17) is 4.74 Å². The van der Waals surface area contributed by atoms with Crippen LogP contribution >= 0.6 is 0 Å². The Morgan fingerprint density at radius 3 is 2.45 bits per heavy atom. The van der Waals surface area contributed by atoms with E-state index >= 15 is 0 Å². The summed E-state index contributed by atoms with van der Waals surface area (Å²) in [4.78, 5) is 14.4. The fraction of sp³-hybridized carbons (Fsp3) is 0.667. The molecule has 0 aromatic heterocycles. The van der Waals surface area contributed by atoms with Crippen LogP contribution in [0.1, 0.15) is 32.8 Å². The van der Waals surface area contributed by atoms with Gasteiger partial charge in [-0.05, 0) is 38.0 Å². The lowest BCUT2D eigenvalue weighted by Gasteiger charge is -2.35. The van der Waals surface area contributed by atoms with E-state index in [-0.39, 0.29) is 16.8 Å². The van der Waals surface area contributed by atoms with E-state index in [0.717, 1.165) is 13.1 Å². The number of rotatable bonds is 5. The largest absolute Gasteiger partial charge is 0.379 e. The Morgan fingerprint density at radius 1 is 1.21 bits per heavy atom. The zero-order valence-electron chi connectivity index (χ0n) is 17.9. The highest BCUT2D eigenvalue weighted by Crippen LogP contribution is 2.24. The first-order chi connectivity index (χ1) is 13.7.